The van der Waals surface area contributed by atoms with E-state index in [1.165, 1.54) is 0 Å². The van der Waals surface area contributed by atoms with Crippen LogP contribution in [0.15, 0.2) is 24.3 Å². The van der Waals surface area contributed by atoms with Crippen LogP contribution in [0.1, 0.15) is 42.1 Å². The van der Waals surface area contributed by atoms with Crippen molar-refractivity contribution < 1.29 is 19.4 Å². The molecule has 2 N–H and O–H groups in total. The first kappa shape index (κ1) is 15.5. The van der Waals surface area contributed by atoms with Crippen LogP contribution in [0.25, 0.3) is 0 Å². The van der Waals surface area contributed by atoms with E-state index in [2.05, 4.69) is 5.32 Å². The summed E-state index contributed by atoms with van der Waals surface area (Å²) < 4.78 is 5.05. The first-order valence-electron chi connectivity index (χ1n) is 7.09. The Morgan fingerprint density at radius 1 is 1.48 bits per heavy atom. The molecule has 0 saturated heterocycles. The number of benzene rings is 1. The molecule has 1 saturated carbocycles. The van der Waals surface area contributed by atoms with Gasteiger partial charge in [0.1, 0.15) is 0 Å². The van der Waals surface area contributed by atoms with Gasteiger partial charge >= 0.3 is 5.97 Å². The van der Waals surface area contributed by atoms with E-state index in [0.717, 1.165) is 12.0 Å². The minimum atomic E-state index is -0.875. The average molecular weight is 291 g/mol. The van der Waals surface area contributed by atoms with Gasteiger partial charge in [0, 0.05) is 18.7 Å². The molecule has 1 aromatic carbocycles. The molecule has 0 heterocycles. The van der Waals surface area contributed by atoms with Gasteiger partial charge in [0.2, 0.25) is 0 Å². The zero-order chi connectivity index (χ0) is 15.5. The number of carboxylic acid groups (broad SMARTS) is 1. The second kappa shape index (κ2) is 6.26. The molecule has 1 aliphatic carbocycles. The predicted octanol–water partition coefficient (Wildman–Crippen LogP) is 2.21. The monoisotopic (exact) mass is 291 g/mol. The summed E-state index contributed by atoms with van der Waals surface area (Å²) in [5.41, 5.74) is 0.571. The molecule has 0 spiro atoms. The lowest BCUT2D eigenvalue weighted by Crippen LogP contribution is -2.47. The number of carboxylic acids is 1. The predicted molar refractivity (Wildman–Crippen MR) is 78.0 cm³/mol. The molecule has 1 fully saturated rings. The van der Waals surface area contributed by atoms with Crippen LogP contribution in [0, 0.1) is 5.41 Å². The van der Waals surface area contributed by atoms with E-state index in [1.807, 2.05) is 6.07 Å². The van der Waals surface area contributed by atoms with Crippen LogP contribution in [-0.4, -0.2) is 30.1 Å². The molecule has 2 unspecified atom stereocenters. The number of carbonyl (C=O) groups is 2. The lowest BCUT2D eigenvalue weighted by molar-refractivity contribution is -0.148. The highest BCUT2D eigenvalue weighted by molar-refractivity contribution is 5.95. The Bertz CT molecular complexity index is 543. The van der Waals surface area contributed by atoms with E-state index >= 15 is 0 Å². The Labute approximate surface area is 124 Å². The van der Waals surface area contributed by atoms with Crippen LogP contribution >= 0.6 is 0 Å². The maximum absolute atomic E-state index is 12.3. The summed E-state index contributed by atoms with van der Waals surface area (Å²) in [6.45, 7) is 2.14. The Kier molecular flexibility index (Phi) is 4.63. The van der Waals surface area contributed by atoms with E-state index in [0.29, 0.717) is 25.0 Å². The number of methoxy groups -OCH3 is 1. The number of hydrogen-bond donors (Lipinski definition) is 2. The molecular formula is C16H21NO4. The second-order valence-corrected chi connectivity index (χ2v) is 5.77. The Morgan fingerprint density at radius 2 is 2.24 bits per heavy atom. The maximum atomic E-state index is 12.3. The summed E-state index contributed by atoms with van der Waals surface area (Å²) in [6.07, 6.45) is 2.11. The topological polar surface area (TPSA) is 75.6 Å². The normalized spacial score (nSPS) is 24.8. The fourth-order valence-electron chi connectivity index (χ4n) is 2.86. The minimum absolute atomic E-state index is 0.229. The first-order valence-corrected chi connectivity index (χ1v) is 7.09. The summed E-state index contributed by atoms with van der Waals surface area (Å²) in [5.74, 6) is -1.08. The van der Waals surface area contributed by atoms with Gasteiger partial charge < -0.3 is 15.2 Å². The average Bonchev–Trinajstić information content (AvgIpc) is 2.82. The van der Waals surface area contributed by atoms with Gasteiger partial charge in [-0.05, 0) is 37.5 Å². The number of nitrogens with one attached hydrogen (secondary N) is 1. The van der Waals surface area contributed by atoms with Crippen LogP contribution < -0.4 is 5.32 Å². The molecule has 1 aromatic rings. The van der Waals surface area contributed by atoms with Gasteiger partial charge in [-0.15, -0.1) is 0 Å². The maximum Gasteiger partial charge on any atom is 0.311 e. The van der Waals surface area contributed by atoms with Crippen molar-refractivity contribution in [3.8, 4) is 0 Å². The smallest absolute Gasteiger partial charge is 0.311 e. The third kappa shape index (κ3) is 3.24. The molecule has 2 rings (SSSR count). The molecule has 1 aliphatic rings. The molecule has 21 heavy (non-hydrogen) atoms. The van der Waals surface area contributed by atoms with Crippen LogP contribution in [-0.2, 0) is 16.1 Å². The van der Waals surface area contributed by atoms with Gasteiger partial charge in [-0.2, -0.15) is 0 Å². The summed E-state index contributed by atoms with van der Waals surface area (Å²) in [4.78, 5) is 23.7. The summed E-state index contributed by atoms with van der Waals surface area (Å²) in [7, 11) is 1.60. The van der Waals surface area contributed by atoms with E-state index in [1.54, 1.807) is 32.2 Å². The van der Waals surface area contributed by atoms with Crippen molar-refractivity contribution in [2.24, 2.45) is 5.41 Å². The van der Waals surface area contributed by atoms with Gasteiger partial charge in [0.15, 0.2) is 0 Å². The van der Waals surface area contributed by atoms with Crippen molar-refractivity contribution in [3.05, 3.63) is 35.4 Å². The lowest BCUT2D eigenvalue weighted by atomic mass is 9.85. The summed E-state index contributed by atoms with van der Waals surface area (Å²) in [6, 6.07) is 6.85. The highest BCUT2D eigenvalue weighted by Gasteiger charge is 2.45. The van der Waals surface area contributed by atoms with Crippen LogP contribution in [0.2, 0.25) is 0 Å². The molecular weight excluding hydrogens is 270 g/mol. The van der Waals surface area contributed by atoms with E-state index < -0.39 is 11.4 Å². The van der Waals surface area contributed by atoms with E-state index in [9.17, 15) is 14.7 Å². The molecule has 0 bridgehead atoms. The van der Waals surface area contributed by atoms with Crippen molar-refractivity contribution in [2.75, 3.05) is 7.11 Å². The third-order valence-electron chi connectivity index (χ3n) is 4.25. The van der Waals surface area contributed by atoms with E-state index in [-0.39, 0.29) is 11.9 Å². The zero-order valence-corrected chi connectivity index (χ0v) is 12.4. The van der Waals surface area contributed by atoms with Gasteiger partial charge in [0.25, 0.3) is 5.91 Å². The van der Waals surface area contributed by atoms with Gasteiger partial charge in [0.05, 0.1) is 12.0 Å². The molecule has 1 amide bonds. The van der Waals surface area contributed by atoms with Crippen molar-refractivity contribution in [1.29, 1.82) is 0 Å². The fourth-order valence-corrected chi connectivity index (χ4v) is 2.86. The van der Waals surface area contributed by atoms with Gasteiger partial charge in [-0.25, -0.2) is 0 Å². The molecule has 114 valence electrons. The van der Waals surface area contributed by atoms with Crippen LogP contribution in [0.5, 0.6) is 0 Å². The fraction of sp³-hybridized carbons (Fsp3) is 0.500. The quantitative estimate of drug-likeness (QED) is 0.872. The number of hydrogen-bond acceptors (Lipinski definition) is 3. The van der Waals surface area contributed by atoms with Crippen molar-refractivity contribution >= 4 is 11.9 Å². The number of ether oxygens (including phenoxy) is 1. The first-order chi connectivity index (χ1) is 9.97. The Hall–Kier alpha value is -1.88. The molecule has 2 atom stereocenters. The number of rotatable bonds is 5. The number of carbonyl (C=O) groups excluding carboxylic acids is 1. The lowest BCUT2D eigenvalue weighted by Gasteiger charge is -2.27. The molecule has 5 heteroatoms. The number of aliphatic carboxylic acids is 1. The number of amides is 1. The molecule has 5 nitrogen and oxygen atoms in total. The van der Waals surface area contributed by atoms with Gasteiger partial charge in [-0.1, -0.05) is 18.6 Å². The zero-order valence-electron chi connectivity index (χ0n) is 12.4. The summed E-state index contributed by atoms with van der Waals surface area (Å²) in [5, 5.41) is 12.2. The van der Waals surface area contributed by atoms with Crippen molar-refractivity contribution in [1.82, 2.24) is 5.32 Å². The Balaban J connectivity index is 2.11. The molecule has 0 aliphatic heterocycles. The summed E-state index contributed by atoms with van der Waals surface area (Å²) >= 11 is 0. The van der Waals surface area contributed by atoms with Crippen molar-refractivity contribution in [3.63, 3.8) is 0 Å². The van der Waals surface area contributed by atoms with Crippen molar-refractivity contribution in [2.45, 2.75) is 38.8 Å². The van der Waals surface area contributed by atoms with Gasteiger partial charge in [-0.3, -0.25) is 9.59 Å². The van der Waals surface area contributed by atoms with Crippen LogP contribution in [0.3, 0.4) is 0 Å². The standard InChI is InChI=1S/C16H21NO4/c1-16(15(19)20)8-4-7-13(16)17-14(18)12-6-3-5-11(9-12)10-21-2/h3,5-6,9,13H,4,7-8,10H2,1-2H3,(H,17,18)(H,19,20). The molecule has 0 radical (unpaired) electrons. The highest BCUT2D eigenvalue weighted by Crippen LogP contribution is 2.38. The SMILES string of the molecule is COCc1cccc(C(=O)NC2CCCC2(C)C(=O)O)c1. The Morgan fingerprint density at radius 3 is 2.90 bits per heavy atom. The van der Waals surface area contributed by atoms with Crippen LogP contribution in [0.4, 0.5) is 0 Å². The highest BCUT2D eigenvalue weighted by atomic mass is 16.5. The third-order valence-corrected chi connectivity index (χ3v) is 4.25. The largest absolute Gasteiger partial charge is 0.481 e. The second-order valence-electron chi connectivity index (χ2n) is 5.77. The van der Waals surface area contributed by atoms with E-state index in [4.69, 9.17) is 4.74 Å². The minimum Gasteiger partial charge on any atom is -0.481 e. The molecule has 0 aromatic heterocycles.